The van der Waals surface area contributed by atoms with Gasteiger partial charge in [-0.1, -0.05) is 65.7 Å². The van der Waals surface area contributed by atoms with Crippen LogP contribution in [-0.2, 0) is 10.8 Å². The molecule has 0 spiro atoms. The normalized spacial score (nSPS) is 18.2. The van der Waals surface area contributed by atoms with Crippen LogP contribution < -0.4 is 0 Å². The first-order valence-corrected chi connectivity index (χ1v) is 9.17. The highest BCUT2D eigenvalue weighted by atomic mass is 14.9. The molecule has 0 fully saturated rings. The van der Waals surface area contributed by atoms with E-state index in [1.165, 1.54) is 4.40 Å². The van der Waals surface area contributed by atoms with E-state index < -0.39 is 22.9 Å². The molecule has 0 aliphatic rings. The highest BCUT2D eigenvalue weighted by molar-refractivity contribution is 6.23. The van der Waals surface area contributed by atoms with Crippen molar-refractivity contribution in [2.24, 2.45) is 0 Å². The van der Waals surface area contributed by atoms with E-state index in [1.807, 2.05) is 41.5 Å². The molecule has 1 heteroatoms. The summed E-state index contributed by atoms with van der Waals surface area (Å²) in [6.45, 7) is 11.3. The Bertz CT molecular complexity index is 1780. The SMILES string of the molecule is [2H]c1c([2H])c([2H])c2c(c1[2H])c1c([2H])c(C(C)(C)C)c([2H])c3c4c([2H])c(C(C)(C)C)c([2H])c([2H])c4n2c13. The lowest BCUT2D eigenvalue weighted by Gasteiger charge is -2.20. The molecule has 0 unspecified atom stereocenters. The number of fused-ring (bicyclic) bond motifs is 6. The van der Waals surface area contributed by atoms with E-state index in [-0.39, 0.29) is 64.1 Å². The largest absolute Gasteiger partial charge is 0.308 e. The molecule has 0 saturated heterocycles. The molecule has 3 aromatic carbocycles. The van der Waals surface area contributed by atoms with Crippen LogP contribution in [0.25, 0.3) is 38.1 Å². The molecule has 0 saturated carbocycles. The smallest absolute Gasteiger partial charge is 0.0645 e. The second kappa shape index (κ2) is 5.04. The summed E-state index contributed by atoms with van der Waals surface area (Å²) in [7, 11) is 0. The zero-order valence-corrected chi connectivity index (χ0v) is 16.4. The minimum Gasteiger partial charge on any atom is -0.308 e. The molecule has 0 N–H and O–H groups in total. The van der Waals surface area contributed by atoms with Crippen molar-refractivity contribution in [2.75, 3.05) is 0 Å². The molecule has 1 nitrogen and oxygen atoms in total. The molecule has 0 atom stereocenters. The molecular formula is C26H27N. The summed E-state index contributed by atoms with van der Waals surface area (Å²) < 4.78 is 80.7. The topological polar surface area (TPSA) is 4.41 Å². The summed E-state index contributed by atoms with van der Waals surface area (Å²) in [6, 6.07) is -1.67. The zero-order valence-electron chi connectivity index (χ0n) is 25.4. The van der Waals surface area contributed by atoms with Crippen molar-refractivity contribution in [1.29, 1.82) is 0 Å². The Hall–Kier alpha value is -2.54. The van der Waals surface area contributed by atoms with Gasteiger partial charge in [-0.3, -0.25) is 0 Å². The fourth-order valence-corrected chi connectivity index (χ4v) is 3.60. The summed E-state index contributed by atoms with van der Waals surface area (Å²) in [4.78, 5) is 0. The van der Waals surface area contributed by atoms with Crippen LogP contribution in [0, 0.1) is 0 Å². The Kier molecular flexibility index (Phi) is 1.79. The van der Waals surface area contributed by atoms with Crippen molar-refractivity contribution < 1.29 is 12.3 Å². The van der Waals surface area contributed by atoms with Gasteiger partial charge >= 0.3 is 0 Å². The Morgan fingerprint density at radius 1 is 0.630 bits per heavy atom. The third-order valence-corrected chi connectivity index (χ3v) is 5.10. The summed E-state index contributed by atoms with van der Waals surface area (Å²) >= 11 is 0. The molecule has 0 aliphatic carbocycles. The summed E-state index contributed by atoms with van der Waals surface area (Å²) in [6.07, 6.45) is 0. The molecule has 136 valence electrons. The summed E-state index contributed by atoms with van der Waals surface area (Å²) in [5, 5.41) is 1.10. The predicted octanol–water partition coefficient (Wildman–Crippen LogP) is 7.43. The number of hydrogen-bond acceptors (Lipinski definition) is 0. The Balaban J connectivity index is 2.33. The molecule has 2 heterocycles. The summed E-state index contributed by atoms with van der Waals surface area (Å²) in [5.74, 6) is 0. The molecule has 0 radical (unpaired) electrons. The fraction of sp³-hybridized carbons (Fsp3) is 0.308. The third-order valence-electron chi connectivity index (χ3n) is 5.10. The lowest BCUT2D eigenvalue weighted by Crippen LogP contribution is -2.11. The number of nitrogens with zero attached hydrogens (tertiary/aromatic N) is 1. The van der Waals surface area contributed by atoms with Crippen LogP contribution in [0.5, 0.6) is 0 Å². The van der Waals surface area contributed by atoms with Crippen LogP contribution >= 0.6 is 0 Å². The summed E-state index contributed by atoms with van der Waals surface area (Å²) in [5.41, 5.74) is 0.122. The Labute approximate surface area is 173 Å². The van der Waals surface area contributed by atoms with Crippen molar-refractivity contribution in [3.8, 4) is 0 Å². The van der Waals surface area contributed by atoms with E-state index in [0.29, 0.717) is 27.4 Å². The van der Waals surface area contributed by atoms with Crippen LogP contribution in [-0.4, -0.2) is 4.40 Å². The molecule has 2 aromatic heterocycles. The first kappa shape index (κ1) is 9.59. The maximum absolute atomic E-state index is 9.21. The van der Waals surface area contributed by atoms with Gasteiger partial charge < -0.3 is 4.40 Å². The zero-order chi connectivity index (χ0) is 27.0. The van der Waals surface area contributed by atoms with Crippen molar-refractivity contribution in [3.63, 3.8) is 0 Å². The standard InChI is InChI=1S/C26H27N/c1-25(2,3)16-11-12-23-19(13-16)21-15-17(26(4,5)6)14-20-18-9-7-8-10-22(18)27(23)24(20)21/h7-15H,1-6H3/i7D,8D,9D,10D,11D,12D,13D,14D,15D. The van der Waals surface area contributed by atoms with Gasteiger partial charge in [0, 0.05) is 21.5 Å². The molecule has 0 bridgehead atoms. The van der Waals surface area contributed by atoms with Crippen molar-refractivity contribution >= 4 is 38.1 Å². The monoisotopic (exact) mass is 362 g/mol. The van der Waals surface area contributed by atoms with E-state index in [9.17, 15) is 1.37 Å². The Morgan fingerprint density at radius 3 is 1.85 bits per heavy atom. The average Bonchev–Trinajstić information content (AvgIpc) is 3.26. The minimum absolute atomic E-state index is 0.00744. The van der Waals surface area contributed by atoms with Crippen molar-refractivity contribution in [3.05, 3.63) is 65.5 Å². The molecule has 5 aromatic rings. The van der Waals surface area contributed by atoms with Crippen LogP contribution in [0.4, 0.5) is 0 Å². The first-order valence-electron chi connectivity index (χ1n) is 13.7. The number of rotatable bonds is 0. The molecule has 5 rings (SSSR count). The van der Waals surface area contributed by atoms with Gasteiger partial charge in [-0.05, 0) is 52.2 Å². The van der Waals surface area contributed by atoms with E-state index in [0.717, 1.165) is 0 Å². The van der Waals surface area contributed by atoms with E-state index >= 15 is 0 Å². The average molecular weight is 363 g/mol. The maximum Gasteiger partial charge on any atom is 0.0645 e. The number of para-hydroxylation sites is 1. The number of benzene rings is 3. The lowest BCUT2D eigenvalue weighted by molar-refractivity contribution is 0.590. The number of aromatic nitrogens is 1. The van der Waals surface area contributed by atoms with Crippen LogP contribution in [0.15, 0.2) is 54.4 Å². The minimum atomic E-state index is -0.643. The van der Waals surface area contributed by atoms with Crippen molar-refractivity contribution in [1.82, 2.24) is 4.40 Å². The second-order valence-corrected chi connectivity index (χ2v) is 9.26. The third kappa shape index (κ3) is 2.24. The van der Waals surface area contributed by atoms with Crippen molar-refractivity contribution in [2.45, 2.75) is 52.4 Å². The van der Waals surface area contributed by atoms with Gasteiger partial charge in [-0.25, -0.2) is 0 Å². The van der Waals surface area contributed by atoms with Crippen LogP contribution in [0.3, 0.4) is 0 Å². The van der Waals surface area contributed by atoms with E-state index in [4.69, 9.17) is 11.0 Å². The maximum atomic E-state index is 9.21. The second-order valence-electron chi connectivity index (χ2n) is 9.26. The number of hydrogen-bond donors (Lipinski definition) is 0. The van der Waals surface area contributed by atoms with Gasteiger partial charge in [0.25, 0.3) is 0 Å². The van der Waals surface area contributed by atoms with Crippen LogP contribution in [0.1, 0.15) is 65.0 Å². The molecule has 0 amide bonds. The van der Waals surface area contributed by atoms with Gasteiger partial charge in [-0.15, -0.1) is 0 Å². The highest BCUT2D eigenvalue weighted by Gasteiger charge is 2.23. The van der Waals surface area contributed by atoms with Gasteiger partial charge in [0.2, 0.25) is 0 Å². The van der Waals surface area contributed by atoms with Gasteiger partial charge in [0.1, 0.15) is 0 Å². The van der Waals surface area contributed by atoms with E-state index in [1.54, 1.807) is 0 Å². The fourth-order valence-electron chi connectivity index (χ4n) is 3.60. The van der Waals surface area contributed by atoms with Gasteiger partial charge in [0.15, 0.2) is 0 Å². The quantitative estimate of drug-likeness (QED) is 0.270. The molecule has 0 aliphatic heterocycles. The predicted molar refractivity (Wildman–Crippen MR) is 119 cm³/mol. The van der Waals surface area contributed by atoms with E-state index in [2.05, 4.69) is 0 Å². The van der Waals surface area contributed by atoms with Crippen LogP contribution in [0.2, 0.25) is 0 Å². The Morgan fingerprint density at radius 2 is 1.19 bits per heavy atom. The lowest BCUT2D eigenvalue weighted by atomic mass is 9.84. The highest BCUT2D eigenvalue weighted by Crippen LogP contribution is 2.42. The first-order chi connectivity index (χ1) is 16.4. The molecule has 27 heavy (non-hydrogen) atoms. The van der Waals surface area contributed by atoms with Gasteiger partial charge in [-0.2, -0.15) is 0 Å². The van der Waals surface area contributed by atoms with Gasteiger partial charge in [0.05, 0.1) is 28.9 Å². The molecular weight excluding hydrogens is 326 g/mol.